The SMILES string of the molecule is C=N/C=C(\C=NCCN(C)CCNC)Oc1cc(CN2CCC(CNC(=O)NC)CC2)cc(-c2cc(Cl)cc(Cl)c2)n1. The molecule has 0 bridgehead atoms. The molecule has 0 spiro atoms. The van der Waals surface area contributed by atoms with Crippen molar-refractivity contribution in [3.05, 3.63) is 57.9 Å². The Morgan fingerprint density at radius 3 is 2.57 bits per heavy atom. The van der Waals surface area contributed by atoms with E-state index in [4.69, 9.17) is 32.9 Å². The second-order valence-corrected chi connectivity index (χ2v) is 11.2. The molecule has 0 saturated carbocycles. The van der Waals surface area contributed by atoms with Crippen molar-refractivity contribution in [3.8, 4) is 17.1 Å². The lowest BCUT2D eigenvalue weighted by Crippen LogP contribution is -2.40. The maximum Gasteiger partial charge on any atom is 0.314 e. The predicted molar refractivity (Wildman–Crippen MR) is 173 cm³/mol. The van der Waals surface area contributed by atoms with E-state index in [0.29, 0.717) is 46.4 Å². The maximum atomic E-state index is 11.5. The van der Waals surface area contributed by atoms with Gasteiger partial charge in [-0.05, 0) is 82.5 Å². The molecule has 42 heavy (non-hydrogen) atoms. The highest BCUT2D eigenvalue weighted by atomic mass is 35.5. The summed E-state index contributed by atoms with van der Waals surface area (Å²) in [4.78, 5) is 29.3. The van der Waals surface area contributed by atoms with Gasteiger partial charge in [0.2, 0.25) is 5.88 Å². The van der Waals surface area contributed by atoms with E-state index in [9.17, 15) is 4.79 Å². The largest absolute Gasteiger partial charge is 0.436 e. The molecule has 0 unspecified atom stereocenters. The Morgan fingerprint density at radius 2 is 1.90 bits per heavy atom. The van der Waals surface area contributed by atoms with Gasteiger partial charge in [-0.25, -0.2) is 9.78 Å². The van der Waals surface area contributed by atoms with E-state index in [2.05, 4.69) is 49.5 Å². The second-order valence-electron chi connectivity index (χ2n) is 10.3. The molecule has 12 heteroatoms. The number of nitrogens with one attached hydrogen (secondary N) is 3. The van der Waals surface area contributed by atoms with Gasteiger partial charge in [0.25, 0.3) is 0 Å². The minimum atomic E-state index is -0.141. The number of carbonyl (C=O) groups excluding carboxylic acids is 1. The molecule has 1 aliphatic heterocycles. The van der Waals surface area contributed by atoms with Gasteiger partial charge in [-0.15, -0.1) is 0 Å². The number of nitrogens with zero attached hydrogens (tertiary/aromatic N) is 5. The van der Waals surface area contributed by atoms with Crippen LogP contribution in [-0.2, 0) is 6.54 Å². The highest BCUT2D eigenvalue weighted by Gasteiger charge is 2.20. The van der Waals surface area contributed by atoms with Crippen LogP contribution in [0.2, 0.25) is 10.0 Å². The molecule has 10 nitrogen and oxygen atoms in total. The summed E-state index contributed by atoms with van der Waals surface area (Å²) in [7, 11) is 5.63. The third kappa shape index (κ3) is 11.7. The van der Waals surface area contributed by atoms with Crippen molar-refractivity contribution in [1.82, 2.24) is 30.7 Å². The summed E-state index contributed by atoms with van der Waals surface area (Å²) >= 11 is 12.6. The predicted octanol–water partition coefficient (Wildman–Crippen LogP) is 4.34. The van der Waals surface area contributed by atoms with Crippen LogP contribution in [0, 0.1) is 5.92 Å². The summed E-state index contributed by atoms with van der Waals surface area (Å²) in [5.74, 6) is 1.31. The monoisotopic (exact) mass is 616 g/mol. The lowest BCUT2D eigenvalue weighted by Gasteiger charge is -2.32. The molecule has 0 radical (unpaired) electrons. The number of piperidine rings is 1. The van der Waals surface area contributed by atoms with Crippen molar-refractivity contribution < 1.29 is 9.53 Å². The summed E-state index contributed by atoms with van der Waals surface area (Å²) in [6.07, 6.45) is 5.19. The summed E-state index contributed by atoms with van der Waals surface area (Å²) in [5.41, 5.74) is 2.54. The van der Waals surface area contributed by atoms with E-state index in [0.717, 1.165) is 63.2 Å². The lowest BCUT2D eigenvalue weighted by atomic mass is 9.96. The van der Waals surface area contributed by atoms with Gasteiger partial charge in [0.15, 0.2) is 5.76 Å². The Morgan fingerprint density at radius 1 is 1.17 bits per heavy atom. The number of likely N-dealkylation sites (N-methyl/N-ethyl adjacent to an activating group) is 2. The van der Waals surface area contributed by atoms with Crippen molar-refractivity contribution in [2.45, 2.75) is 19.4 Å². The van der Waals surface area contributed by atoms with Crippen LogP contribution in [0.25, 0.3) is 11.3 Å². The molecule has 3 N–H and O–H groups in total. The first-order chi connectivity index (χ1) is 20.3. The van der Waals surface area contributed by atoms with Gasteiger partial charge in [-0.3, -0.25) is 14.9 Å². The molecule has 2 heterocycles. The van der Waals surface area contributed by atoms with Gasteiger partial charge in [-0.2, -0.15) is 0 Å². The Balaban J connectivity index is 1.75. The number of likely N-dealkylation sites (tertiary alicyclic amines) is 1. The first-order valence-electron chi connectivity index (χ1n) is 14.1. The number of hydrogen-bond donors (Lipinski definition) is 3. The minimum Gasteiger partial charge on any atom is -0.436 e. The van der Waals surface area contributed by atoms with E-state index >= 15 is 0 Å². The molecule has 3 rings (SSSR count). The summed E-state index contributed by atoms with van der Waals surface area (Å²) < 4.78 is 6.17. The third-order valence-corrected chi connectivity index (χ3v) is 7.36. The van der Waals surface area contributed by atoms with Crippen molar-refractivity contribution in [1.29, 1.82) is 0 Å². The highest BCUT2D eigenvalue weighted by molar-refractivity contribution is 6.35. The lowest BCUT2D eigenvalue weighted by molar-refractivity contribution is 0.175. The first kappa shape index (κ1) is 33.5. The van der Waals surface area contributed by atoms with Gasteiger partial charge >= 0.3 is 6.03 Å². The zero-order chi connectivity index (χ0) is 30.3. The smallest absolute Gasteiger partial charge is 0.314 e. The van der Waals surface area contributed by atoms with Crippen molar-refractivity contribution in [2.75, 3.05) is 67.0 Å². The van der Waals surface area contributed by atoms with Crippen LogP contribution in [0.15, 0.2) is 52.3 Å². The minimum absolute atomic E-state index is 0.141. The normalized spacial score (nSPS) is 14.9. The number of hydrogen-bond acceptors (Lipinski definition) is 8. The van der Waals surface area contributed by atoms with Crippen LogP contribution in [0.1, 0.15) is 18.4 Å². The number of ether oxygens (including phenoxy) is 1. The molecule has 228 valence electrons. The fraction of sp³-hybridized carbons (Fsp3) is 0.467. The Kier molecular flexibility index (Phi) is 14.2. The summed E-state index contributed by atoms with van der Waals surface area (Å²) in [6.45, 7) is 10.1. The quantitative estimate of drug-likeness (QED) is 0.203. The topological polar surface area (TPSA) is 106 Å². The van der Waals surface area contributed by atoms with Crippen molar-refractivity contribution in [3.63, 3.8) is 0 Å². The number of carbonyl (C=O) groups is 1. The van der Waals surface area contributed by atoms with Crippen LogP contribution < -0.4 is 20.7 Å². The number of urea groups is 1. The fourth-order valence-corrected chi connectivity index (χ4v) is 5.10. The van der Waals surface area contributed by atoms with Gasteiger partial charge in [-0.1, -0.05) is 23.2 Å². The van der Waals surface area contributed by atoms with Crippen LogP contribution >= 0.6 is 23.2 Å². The second kappa shape index (κ2) is 17.8. The summed E-state index contributed by atoms with van der Waals surface area (Å²) in [5, 5.41) is 9.73. The molecular formula is C30H42Cl2N8O2. The highest BCUT2D eigenvalue weighted by Crippen LogP contribution is 2.30. The van der Waals surface area contributed by atoms with Gasteiger partial charge < -0.3 is 25.6 Å². The van der Waals surface area contributed by atoms with Crippen molar-refractivity contribution >= 4 is 42.2 Å². The average molecular weight is 618 g/mol. The van der Waals surface area contributed by atoms with Gasteiger partial charge in [0.1, 0.15) is 0 Å². The van der Waals surface area contributed by atoms with Crippen LogP contribution in [-0.4, -0.2) is 101 Å². The van der Waals surface area contributed by atoms with Crippen LogP contribution in [0.3, 0.4) is 0 Å². The molecule has 1 aromatic heterocycles. The number of benzene rings is 1. The van der Waals surface area contributed by atoms with Crippen LogP contribution in [0.4, 0.5) is 4.79 Å². The number of rotatable bonds is 15. The Labute approximate surface area is 259 Å². The van der Waals surface area contributed by atoms with Gasteiger partial charge in [0, 0.05) is 61.4 Å². The first-order valence-corrected chi connectivity index (χ1v) is 14.9. The zero-order valence-corrected chi connectivity index (χ0v) is 26.2. The number of aliphatic imine (C=N–C) groups is 2. The van der Waals surface area contributed by atoms with Crippen molar-refractivity contribution in [2.24, 2.45) is 15.9 Å². The molecule has 1 aromatic carbocycles. The van der Waals surface area contributed by atoms with Gasteiger partial charge in [0.05, 0.1) is 24.7 Å². The number of allylic oxidation sites excluding steroid dienone is 1. The summed E-state index contributed by atoms with van der Waals surface area (Å²) in [6, 6.07) is 9.20. The molecule has 1 aliphatic rings. The molecule has 1 saturated heterocycles. The molecular weight excluding hydrogens is 575 g/mol. The molecule has 1 fully saturated rings. The zero-order valence-electron chi connectivity index (χ0n) is 24.7. The van der Waals surface area contributed by atoms with E-state index < -0.39 is 0 Å². The number of pyridine rings is 1. The molecule has 2 aromatic rings. The number of halogens is 2. The molecule has 0 atom stereocenters. The Bertz CT molecular complexity index is 1210. The van der Waals surface area contributed by atoms with E-state index in [1.165, 1.54) is 6.20 Å². The molecule has 0 aliphatic carbocycles. The Hall–Kier alpha value is -3.02. The standard InChI is InChI=1S/C30H42Cl2N8O2/c1-33-7-11-39(4)12-8-36-20-27(19-34-2)42-29-14-23(13-28(38-29)24-15-25(31)17-26(32)16-24)21-40-9-5-22(6-10-40)18-37-30(41)35-3/h13-17,19-20,22,33H,2,5-12,18,21H2,1,3-4H3,(H2,35,37,41)/b27-19+,36-20?. The number of amides is 2. The van der Waals surface area contributed by atoms with E-state index in [1.54, 1.807) is 19.3 Å². The van der Waals surface area contributed by atoms with Crippen LogP contribution in [0.5, 0.6) is 5.88 Å². The third-order valence-electron chi connectivity index (χ3n) is 6.93. The molecule has 2 amide bonds. The number of aromatic nitrogens is 1. The average Bonchev–Trinajstić information content (AvgIpc) is 2.97. The van der Waals surface area contributed by atoms with E-state index in [-0.39, 0.29) is 6.03 Å². The fourth-order valence-electron chi connectivity index (χ4n) is 4.58. The van der Waals surface area contributed by atoms with E-state index in [1.807, 2.05) is 31.3 Å². The maximum absolute atomic E-state index is 11.5.